The monoisotopic (exact) mass is 353 g/mol. The van der Waals surface area contributed by atoms with Gasteiger partial charge in [0.05, 0.1) is 30.2 Å². The highest BCUT2D eigenvalue weighted by Crippen LogP contribution is 2.20. The summed E-state index contributed by atoms with van der Waals surface area (Å²) in [7, 11) is 1.31. The zero-order valence-corrected chi connectivity index (χ0v) is 14.9. The number of methoxy groups -OCH3 is 1. The van der Waals surface area contributed by atoms with Crippen LogP contribution in [0.4, 0.5) is 11.4 Å². The van der Waals surface area contributed by atoms with Crippen LogP contribution in [0.1, 0.15) is 46.5 Å². The molecule has 1 saturated heterocycles. The molecule has 3 rings (SSSR count). The molecule has 1 aromatic heterocycles. The molecule has 2 heterocycles. The van der Waals surface area contributed by atoms with Crippen LogP contribution in [0.3, 0.4) is 0 Å². The van der Waals surface area contributed by atoms with Crippen molar-refractivity contribution in [2.75, 3.05) is 30.4 Å². The summed E-state index contributed by atoms with van der Waals surface area (Å²) >= 11 is 0. The third kappa shape index (κ3) is 4.20. The Bertz CT molecular complexity index is 766. The molecule has 0 spiro atoms. The maximum atomic E-state index is 12.5. The fourth-order valence-corrected chi connectivity index (χ4v) is 3.10. The predicted octanol–water partition coefficient (Wildman–Crippen LogP) is 3.50. The molecule has 1 aromatic carbocycles. The maximum Gasteiger partial charge on any atom is 0.339 e. The van der Waals surface area contributed by atoms with Gasteiger partial charge in [-0.1, -0.05) is 25.0 Å². The standard InChI is InChI=1S/C20H23N3O3/c1-26-20(25)16-8-4-5-9-17(16)22-19(24)18-11-10-15(14-21-18)23-12-6-2-3-7-13-23/h4-5,8-11,14H,2-3,6-7,12-13H2,1H3,(H,22,24). The first-order valence-corrected chi connectivity index (χ1v) is 8.89. The van der Waals surface area contributed by atoms with Crippen molar-refractivity contribution in [1.29, 1.82) is 0 Å². The van der Waals surface area contributed by atoms with Crippen LogP contribution in [0, 0.1) is 0 Å². The number of nitrogens with one attached hydrogen (secondary N) is 1. The zero-order valence-electron chi connectivity index (χ0n) is 14.9. The summed E-state index contributed by atoms with van der Waals surface area (Å²) < 4.78 is 4.75. The van der Waals surface area contributed by atoms with Crippen molar-refractivity contribution in [1.82, 2.24) is 4.98 Å². The summed E-state index contributed by atoms with van der Waals surface area (Å²) in [6.07, 6.45) is 6.65. The van der Waals surface area contributed by atoms with Gasteiger partial charge >= 0.3 is 5.97 Å². The number of benzene rings is 1. The van der Waals surface area contributed by atoms with E-state index in [0.717, 1.165) is 18.8 Å². The van der Waals surface area contributed by atoms with E-state index in [-0.39, 0.29) is 5.91 Å². The molecule has 1 fully saturated rings. The van der Waals surface area contributed by atoms with Gasteiger partial charge in [-0.2, -0.15) is 0 Å². The van der Waals surface area contributed by atoms with Crippen molar-refractivity contribution in [3.05, 3.63) is 53.9 Å². The number of amides is 1. The molecule has 136 valence electrons. The lowest BCUT2D eigenvalue weighted by atomic mass is 10.1. The number of hydrogen-bond donors (Lipinski definition) is 1. The average Bonchev–Trinajstić information content (AvgIpc) is 2.97. The lowest BCUT2D eigenvalue weighted by Gasteiger charge is -2.22. The second-order valence-electron chi connectivity index (χ2n) is 6.29. The van der Waals surface area contributed by atoms with Crippen LogP contribution in [-0.4, -0.2) is 37.1 Å². The fraction of sp³-hybridized carbons (Fsp3) is 0.350. The Morgan fingerprint density at radius 1 is 1.04 bits per heavy atom. The number of carbonyl (C=O) groups is 2. The SMILES string of the molecule is COC(=O)c1ccccc1NC(=O)c1ccc(N2CCCCCC2)cn1. The van der Waals surface area contributed by atoms with Gasteiger partial charge in [0.1, 0.15) is 5.69 Å². The molecule has 26 heavy (non-hydrogen) atoms. The second kappa shape index (κ2) is 8.47. The van der Waals surface area contributed by atoms with Crippen LogP contribution >= 0.6 is 0 Å². The quantitative estimate of drug-likeness (QED) is 0.852. The van der Waals surface area contributed by atoms with Crippen molar-refractivity contribution >= 4 is 23.3 Å². The van der Waals surface area contributed by atoms with Gasteiger partial charge in [-0.05, 0) is 37.1 Å². The van der Waals surface area contributed by atoms with Crippen LogP contribution in [0.5, 0.6) is 0 Å². The predicted molar refractivity (Wildman–Crippen MR) is 101 cm³/mol. The fourth-order valence-electron chi connectivity index (χ4n) is 3.10. The van der Waals surface area contributed by atoms with Gasteiger partial charge in [-0.3, -0.25) is 4.79 Å². The Labute approximate surface area is 153 Å². The van der Waals surface area contributed by atoms with Crippen LogP contribution in [0.2, 0.25) is 0 Å². The highest BCUT2D eigenvalue weighted by atomic mass is 16.5. The Hall–Kier alpha value is -2.89. The van der Waals surface area contributed by atoms with Crippen LogP contribution < -0.4 is 10.2 Å². The minimum absolute atomic E-state index is 0.309. The molecule has 2 aromatic rings. The number of hydrogen-bond acceptors (Lipinski definition) is 5. The third-order valence-electron chi connectivity index (χ3n) is 4.53. The molecule has 0 atom stereocenters. The topological polar surface area (TPSA) is 71.5 Å². The third-order valence-corrected chi connectivity index (χ3v) is 4.53. The zero-order chi connectivity index (χ0) is 18.4. The van der Waals surface area contributed by atoms with Crippen molar-refractivity contribution in [2.24, 2.45) is 0 Å². The molecule has 6 nitrogen and oxygen atoms in total. The summed E-state index contributed by atoms with van der Waals surface area (Å²) in [5.74, 6) is -0.853. The minimum Gasteiger partial charge on any atom is -0.465 e. The smallest absolute Gasteiger partial charge is 0.339 e. The molecule has 6 heteroatoms. The number of aromatic nitrogens is 1. The summed E-state index contributed by atoms with van der Waals surface area (Å²) in [5.41, 5.74) is 2.06. The highest BCUT2D eigenvalue weighted by Gasteiger charge is 2.16. The second-order valence-corrected chi connectivity index (χ2v) is 6.29. The number of pyridine rings is 1. The average molecular weight is 353 g/mol. The summed E-state index contributed by atoms with van der Waals surface area (Å²) in [5, 5.41) is 2.74. The van der Waals surface area contributed by atoms with Crippen molar-refractivity contribution in [2.45, 2.75) is 25.7 Å². The Morgan fingerprint density at radius 3 is 2.42 bits per heavy atom. The lowest BCUT2D eigenvalue weighted by Crippen LogP contribution is -2.24. The van der Waals surface area contributed by atoms with E-state index in [9.17, 15) is 9.59 Å². The summed E-state index contributed by atoms with van der Waals surface area (Å²) in [4.78, 5) is 30.9. The number of carbonyl (C=O) groups excluding carboxylic acids is 2. The van der Waals surface area contributed by atoms with Gasteiger partial charge in [0.25, 0.3) is 5.91 Å². The van der Waals surface area contributed by atoms with E-state index in [0.29, 0.717) is 16.9 Å². The minimum atomic E-state index is -0.495. The molecule has 1 aliphatic heterocycles. The number of esters is 1. The highest BCUT2D eigenvalue weighted by molar-refractivity contribution is 6.07. The molecule has 0 unspecified atom stereocenters. The van der Waals surface area contributed by atoms with Gasteiger partial charge in [-0.15, -0.1) is 0 Å². The molecule has 1 N–H and O–H groups in total. The van der Waals surface area contributed by atoms with Crippen LogP contribution in [-0.2, 0) is 4.74 Å². The molecular formula is C20H23N3O3. The first-order chi connectivity index (χ1) is 12.7. The van der Waals surface area contributed by atoms with Gasteiger partial charge in [0.2, 0.25) is 0 Å². The summed E-state index contributed by atoms with van der Waals surface area (Å²) in [6, 6.07) is 10.4. The number of anilines is 2. The van der Waals surface area contributed by atoms with Crippen LogP contribution in [0.15, 0.2) is 42.6 Å². The van der Waals surface area contributed by atoms with Crippen molar-refractivity contribution < 1.29 is 14.3 Å². The molecule has 1 aliphatic rings. The Morgan fingerprint density at radius 2 is 1.77 bits per heavy atom. The van der Waals surface area contributed by atoms with E-state index in [4.69, 9.17) is 4.74 Å². The van der Waals surface area contributed by atoms with Gasteiger partial charge in [0.15, 0.2) is 0 Å². The molecule has 1 amide bonds. The normalized spacial score (nSPS) is 14.4. The molecule has 0 bridgehead atoms. The number of rotatable bonds is 4. The Kier molecular flexibility index (Phi) is 5.84. The van der Waals surface area contributed by atoms with E-state index < -0.39 is 5.97 Å². The van der Waals surface area contributed by atoms with E-state index >= 15 is 0 Å². The van der Waals surface area contributed by atoms with E-state index in [2.05, 4.69) is 15.2 Å². The summed E-state index contributed by atoms with van der Waals surface area (Å²) in [6.45, 7) is 2.06. The maximum absolute atomic E-state index is 12.5. The number of ether oxygens (including phenoxy) is 1. The molecule has 0 radical (unpaired) electrons. The Balaban J connectivity index is 1.72. The molecular weight excluding hydrogens is 330 g/mol. The van der Waals surface area contributed by atoms with Crippen LogP contribution in [0.25, 0.3) is 0 Å². The number of nitrogens with zero attached hydrogens (tertiary/aromatic N) is 2. The van der Waals surface area contributed by atoms with Gasteiger partial charge in [0, 0.05) is 13.1 Å². The van der Waals surface area contributed by atoms with Gasteiger partial charge in [-0.25, -0.2) is 9.78 Å². The molecule has 0 saturated carbocycles. The van der Waals surface area contributed by atoms with E-state index in [1.807, 2.05) is 6.07 Å². The van der Waals surface area contributed by atoms with E-state index in [1.165, 1.54) is 32.8 Å². The largest absolute Gasteiger partial charge is 0.465 e. The van der Waals surface area contributed by atoms with Gasteiger partial charge < -0.3 is 15.0 Å². The lowest BCUT2D eigenvalue weighted by molar-refractivity contribution is 0.0602. The first kappa shape index (κ1) is 17.9. The van der Waals surface area contributed by atoms with Crippen molar-refractivity contribution in [3.63, 3.8) is 0 Å². The first-order valence-electron chi connectivity index (χ1n) is 8.89. The van der Waals surface area contributed by atoms with Crippen molar-refractivity contribution in [3.8, 4) is 0 Å². The molecule has 0 aliphatic carbocycles. The number of para-hydroxylation sites is 1. The van der Waals surface area contributed by atoms with E-state index in [1.54, 1.807) is 36.5 Å².